The van der Waals surface area contributed by atoms with Gasteiger partial charge in [-0.25, -0.2) is 0 Å². The van der Waals surface area contributed by atoms with Crippen molar-refractivity contribution in [3.05, 3.63) is 56.3 Å². The summed E-state index contributed by atoms with van der Waals surface area (Å²) in [5.74, 6) is -1.63. The van der Waals surface area contributed by atoms with Gasteiger partial charge >= 0.3 is 5.97 Å². The number of carbonyl (C=O) groups is 3. The van der Waals surface area contributed by atoms with Gasteiger partial charge in [0.15, 0.2) is 11.6 Å². The van der Waals surface area contributed by atoms with Crippen LogP contribution in [-0.4, -0.2) is 34.1 Å². The smallest absolute Gasteiger partial charge is 0.323 e. The van der Waals surface area contributed by atoms with Gasteiger partial charge in [0, 0.05) is 51.3 Å². The summed E-state index contributed by atoms with van der Waals surface area (Å²) >= 11 is 12.5. The highest BCUT2D eigenvalue weighted by Gasteiger charge is 2.44. The molecule has 0 saturated carbocycles. The molecule has 1 N–H and O–H groups in total. The Balaban J connectivity index is 1.98. The van der Waals surface area contributed by atoms with E-state index in [0.717, 1.165) is 11.4 Å². The molecular formula is C21H19Cl2NO4. The standard InChI is InChI=1S/C21H19Cl2NO4/c22-11-7-8-12(13(23)9-11)19-20-14(3-1-5-16(20)25)24(10-18(27)28)15-4-2-6-17(26)21(15)19/h7-9,19H,1-6,10H2,(H,27,28). The second kappa shape index (κ2) is 7.37. The molecule has 1 heterocycles. The van der Waals surface area contributed by atoms with Gasteiger partial charge in [0.25, 0.3) is 0 Å². The zero-order valence-electron chi connectivity index (χ0n) is 15.1. The predicted octanol–water partition coefficient (Wildman–Crippen LogP) is 4.49. The van der Waals surface area contributed by atoms with Gasteiger partial charge in [0.05, 0.1) is 0 Å². The Labute approximate surface area is 172 Å². The van der Waals surface area contributed by atoms with E-state index in [0.29, 0.717) is 65.3 Å². The number of carbonyl (C=O) groups excluding carboxylic acids is 2. The van der Waals surface area contributed by atoms with E-state index in [1.807, 2.05) is 0 Å². The Morgan fingerprint density at radius 3 is 2.07 bits per heavy atom. The molecule has 5 nitrogen and oxygen atoms in total. The molecule has 28 heavy (non-hydrogen) atoms. The van der Waals surface area contributed by atoms with Crippen LogP contribution in [0.1, 0.15) is 50.0 Å². The Bertz CT molecular complexity index is 919. The normalized spacial score (nSPS) is 20.4. The third-order valence-electron chi connectivity index (χ3n) is 5.65. The maximum Gasteiger partial charge on any atom is 0.323 e. The zero-order valence-corrected chi connectivity index (χ0v) is 16.6. The number of hydrogen-bond donors (Lipinski definition) is 1. The van der Waals surface area contributed by atoms with Crippen molar-refractivity contribution < 1.29 is 19.5 Å². The fourth-order valence-corrected chi connectivity index (χ4v) is 5.11. The van der Waals surface area contributed by atoms with Crippen molar-refractivity contribution in [1.29, 1.82) is 0 Å². The van der Waals surface area contributed by atoms with Crippen molar-refractivity contribution in [2.75, 3.05) is 6.54 Å². The number of ketones is 2. The largest absolute Gasteiger partial charge is 0.480 e. The topological polar surface area (TPSA) is 74.7 Å². The Morgan fingerprint density at radius 2 is 1.57 bits per heavy atom. The summed E-state index contributed by atoms with van der Waals surface area (Å²) in [6.45, 7) is -0.251. The van der Waals surface area contributed by atoms with Crippen LogP contribution in [0.3, 0.4) is 0 Å². The summed E-state index contributed by atoms with van der Waals surface area (Å²) in [5, 5.41) is 10.3. The minimum atomic E-state index is -0.988. The molecule has 146 valence electrons. The van der Waals surface area contributed by atoms with E-state index in [2.05, 4.69) is 0 Å². The Morgan fingerprint density at radius 1 is 1.00 bits per heavy atom. The van der Waals surface area contributed by atoms with Gasteiger partial charge in [-0.1, -0.05) is 29.3 Å². The summed E-state index contributed by atoms with van der Waals surface area (Å²) in [7, 11) is 0. The summed E-state index contributed by atoms with van der Waals surface area (Å²) < 4.78 is 0. The van der Waals surface area contributed by atoms with Gasteiger partial charge < -0.3 is 10.0 Å². The molecule has 1 aromatic carbocycles. The highest BCUT2D eigenvalue weighted by molar-refractivity contribution is 6.35. The molecule has 4 rings (SSSR count). The highest BCUT2D eigenvalue weighted by Crippen LogP contribution is 2.50. The first-order valence-electron chi connectivity index (χ1n) is 9.35. The minimum absolute atomic E-state index is 0.0439. The average molecular weight is 420 g/mol. The maximum atomic E-state index is 13.0. The zero-order chi connectivity index (χ0) is 20.0. The molecule has 0 aromatic heterocycles. The lowest BCUT2D eigenvalue weighted by molar-refractivity contribution is -0.138. The molecule has 0 amide bonds. The van der Waals surface area contributed by atoms with E-state index in [9.17, 15) is 19.5 Å². The minimum Gasteiger partial charge on any atom is -0.480 e. The molecule has 0 bridgehead atoms. The number of benzene rings is 1. The molecule has 0 atom stereocenters. The molecule has 0 unspecified atom stereocenters. The lowest BCUT2D eigenvalue weighted by Gasteiger charge is -2.43. The fraction of sp³-hybridized carbons (Fsp3) is 0.381. The van der Waals surface area contributed by atoms with Crippen LogP contribution in [0.4, 0.5) is 0 Å². The lowest BCUT2D eigenvalue weighted by atomic mass is 9.71. The molecule has 0 radical (unpaired) electrons. The summed E-state index contributed by atoms with van der Waals surface area (Å²) in [6.07, 6.45) is 3.34. The molecule has 0 fully saturated rings. The van der Waals surface area contributed by atoms with Crippen LogP contribution in [0.5, 0.6) is 0 Å². The molecule has 1 aromatic rings. The molecular weight excluding hydrogens is 401 g/mol. The number of nitrogens with zero attached hydrogens (tertiary/aromatic N) is 1. The lowest BCUT2D eigenvalue weighted by Crippen LogP contribution is -2.41. The summed E-state index contributed by atoms with van der Waals surface area (Å²) in [5.41, 5.74) is 3.16. The number of carboxylic acids is 1. The van der Waals surface area contributed by atoms with Crippen LogP contribution in [-0.2, 0) is 14.4 Å². The van der Waals surface area contributed by atoms with Crippen molar-refractivity contribution in [3.63, 3.8) is 0 Å². The van der Waals surface area contributed by atoms with Crippen molar-refractivity contribution in [2.24, 2.45) is 0 Å². The van der Waals surface area contributed by atoms with Crippen LogP contribution in [0.2, 0.25) is 10.0 Å². The van der Waals surface area contributed by atoms with Crippen LogP contribution in [0.15, 0.2) is 40.7 Å². The summed E-state index contributed by atoms with van der Waals surface area (Å²) in [4.78, 5) is 39.2. The van der Waals surface area contributed by atoms with Crippen LogP contribution < -0.4 is 0 Å². The number of rotatable bonds is 3. The third-order valence-corrected chi connectivity index (χ3v) is 6.22. The fourth-order valence-electron chi connectivity index (χ4n) is 4.59. The van der Waals surface area contributed by atoms with Crippen molar-refractivity contribution in [1.82, 2.24) is 4.90 Å². The maximum absolute atomic E-state index is 13.0. The predicted molar refractivity (Wildman–Crippen MR) is 105 cm³/mol. The molecule has 2 aliphatic carbocycles. The second-order valence-corrected chi connectivity index (χ2v) is 8.20. The van der Waals surface area contributed by atoms with E-state index in [-0.39, 0.29) is 18.1 Å². The first kappa shape index (κ1) is 19.2. The van der Waals surface area contributed by atoms with Crippen LogP contribution >= 0.6 is 23.2 Å². The number of Topliss-reactive ketones (excluding diaryl/α,β-unsaturated/α-hetero) is 2. The van der Waals surface area contributed by atoms with E-state index < -0.39 is 11.9 Å². The van der Waals surface area contributed by atoms with E-state index in [4.69, 9.17) is 23.2 Å². The van der Waals surface area contributed by atoms with E-state index in [1.165, 1.54) is 0 Å². The van der Waals surface area contributed by atoms with E-state index in [1.54, 1.807) is 23.1 Å². The molecule has 0 saturated heterocycles. The molecule has 3 aliphatic rings. The monoisotopic (exact) mass is 419 g/mol. The SMILES string of the molecule is O=C(O)CN1C2=C(C(=O)CCC2)C(c2ccc(Cl)cc2Cl)C2=C1CCCC2=O. The van der Waals surface area contributed by atoms with Gasteiger partial charge in [0.2, 0.25) is 0 Å². The van der Waals surface area contributed by atoms with Crippen LogP contribution in [0.25, 0.3) is 0 Å². The third kappa shape index (κ3) is 3.16. The van der Waals surface area contributed by atoms with Crippen molar-refractivity contribution >= 4 is 40.7 Å². The first-order valence-corrected chi connectivity index (χ1v) is 10.1. The summed E-state index contributed by atoms with van der Waals surface area (Å²) in [6, 6.07) is 5.08. The Kier molecular flexibility index (Phi) is 5.06. The number of allylic oxidation sites excluding steroid dienone is 4. The van der Waals surface area contributed by atoms with Gasteiger partial charge in [-0.3, -0.25) is 14.4 Å². The van der Waals surface area contributed by atoms with Crippen LogP contribution in [0, 0.1) is 0 Å². The Hall–Kier alpha value is -2.11. The number of carboxylic acid groups (broad SMARTS) is 1. The van der Waals surface area contributed by atoms with Gasteiger partial charge in [-0.2, -0.15) is 0 Å². The number of aliphatic carboxylic acids is 1. The van der Waals surface area contributed by atoms with Crippen molar-refractivity contribution in [3.8, 4) is 0 Å². The first-order chi connectivity index (χ1) is 13.4. The second-order valence-electron chi connectivity index (χ2n) is 7.35. The molecule has 7 heteroatoms. The van der Waals surface area contributed by atoms with Gasteiger partial charge in [-0.15, -0.1) is 0 Å². The van der Waals surface area contributed by atoms with Crippen molar-refractivity contribution in [2.45, 2.75) is 44.4 Å². The molecule has 1 aliphatic heterocycles. The van der Waals surface area contributed by atoms with E-state index >= 15 is 0 Å². The highest BCUT2D eigenvalue weighted by atomic mass is 35.5. The molecule has 0 spiro atoms. The van der Waals surface area contributed by atoms with Gasteiger partial charge in [-0.05, 0) is 43.4 Å². The number of halogens is 2. The van der Waals surface area contributed by atoms with Gasteiger partial charge in [0.1, 0.15) is 6.54 Å². The average Bonchev–Trinajstić information content (AvgIpc) is 2.63. The quantitative estimate of drug-likeness (QED) is 0.780. The number of hydrogen-bond acceptors (Lipinski definition) is 4.